The molecule has 0 amide bonds. The van der Waals surface area contributed by atoms with Crippen molar-refractivity contribution in [1.29, 1.82) is 0 Å². The van der Waals surface area contributed by atoms with Gasteiger partial charge < -0.3 is 10.5 Å². The monoisotopic (exact) mass is 197 g/mol. The van der Waals surface area contributed by atoms with Gasteiger partial charge in [-0.05, 0) is 31.6 Å². The molecule has 0 radical (unpaired) electrons. The van der Waals surface area contributed by atoms with Crippen LogP contribution in [0.3, 0.4) is 0 Å². The quantitative estimate of drug-likeness (QED) is 0.737. The van der Waals surface area contributed by atoms with Gasteiger partial charge in [0.25, 0.3) is 0 Å². The molecule has 0 aromatic carbocycles. The fourth-order valence-electron chi connectivity index (χ4n) is 3.24. The van der Waals surface area contributed by atoms with Crippen LogP contribution in [0.25, 0.3) is 0 Å². The fourth-order valence-corrected chi connectivity index (χ4v) is 3.24. The Morgan fingerprint density at radius 3 is 2.50 bits per heavy atom. The van der Waals surface area contributed by atoms with Crippen LogP contribution in [-0.4, -0.2) is 19.8 Å². The number of hydrogen-bond acceptors (Lipinski definition) is 2. The standard InChI is InChI=1S/C12H23NO/c13-9-12(7-4-8-14-10-12)11-5-2-1-3-6-11/h11H,1-10,13H2. The molecule has 0 bridgehead atoms. The molecule has 2 nitrogen and oxygen atoms in total. The molecule has 1 saturated carbocycles. The second kappa shape index (κ2) is 4.63. The zero-order chi connectivity index (χ0) is 9.86. The highest BCUT2D eigenvalue weighted by atomic mass is 16.5. The molecular formula is C12H23NO. The van der Waals surface area contributed by atoms with E-state index in [-0.39, 0.29) is 0 Å². The maximum Gasteiger partial charge on any atom is 0.0537 e. The lowest BCUT2D eigenvalue weighted by Crippen LogP contribution is -2.45. The molecule has 14 heavy (non-hydrogen) atoms. The van der Waals surface area contributed by atoms with E-state index in [0.717, 1.165) is 25.7 Å². The van der Waals surface area contributed by atoms with Gasteiger partial charge in [-0.2, -0.15) is 0 Å². The van der Waals surface area contributed by atoms with Gasteiger partial charge in [-0.3, -0.25) is 0 Å². The van der Waals surface area contributed by atoms with Crippen molar-refractivity contribution in [3.05, 3.63) is 0 Å². The van der Waals surface area contributed by atoms with Crippen LogP contribution in [-0.2, 0) is 4.74 Å². The molecule has 2 aliphatic rings. The highest BCUT2D eigenvalue weighted by Crippen LogP contribution is 2.43. The Balaban J connectivity index is 2.01. The van der Waals surface area contributed by atoms with Crippen molar-refractivity contribution in [1.82, 2.24) is 0 Å². The topological polar surface area (TPSA) is 35.2 Å². The van der Waals surface area contributed by atoms with Crippen molar-refractivity contribution < 1.29 is 4.74 Å². The van der Waals surface area contributed by atoms with E-state index in [2.05, 4.69) is 0 Å². The minimum Gasteiger partial charge on any atom is -0.381 e. The molecule has 2 rings (SSSR count). The van der Waals surface area contributed by atoms with Crippen molar-refractivity contribution in [2.45, 2.75) is 44.9 Å². The number of hydrogen-bond donors (Lipinski definition) is 1. The average Bonchev–Trinajstić information content (AvgIpc) is 2.31. The summed E-state index contributed by atoms with van der Waals surface area (Å²) in [7, 11) is 0. The molecule has 0 aromatic heterocycles. The van der Waals surface area contributed by atoms with E-state index in [4.69, 9.17) is 10.5 Å². The zero-order valence-electron chi connectivity index (χ0n) is 9.13. The van der Waals surface area contributed by atoms with E-state index in [1.54, 1.807) is 0 Å². The van der Waals surface area contributed by atoms with E-state index in [9.17, 15) is 0 Å². The summed E-state index contributed by atoms with van der Waals surface area (Å²) in [5, 5.41) is 0. The summed E-state index contributed by atoms with van der Waals surface area (Å²) in [4.78, 5) is 0. The van der Waals surface area contributed by atoms with Crippen LogP contribution in [0.2, 0.25) is 0 Å². The molecule has 1 aliphatic carbocycles. The molecule has 1 atom stereocenters. The van der Waals surface area contributed by atoms with Crippen LogP contribution in [0, 0.1) is 11.3 Å². The SMILES string of the molecule is NCC1(C2CCCCC2)CCCOC1. The van der Waals surface area contributed by atoms with Crippen LogP contribution in [0.4, 0.5) is 0 Å². The average molecular weight is 197 g/mol. The van der Waals surface area contributed by atoms with Crippen LogP contribution in [0.15, 0.2) is 0 Å². The predicted molar refractivity (Wildman–Crippen MR) is 58.1 cm³/mol. The van der Waals surface area contributed by atoms with Gasteiger partial charge in [0.1, 0.15) is 0 Å². The summed E-state index contributed by atoms with van der Waals surface area (Å²) < 4.78 is 5.65. The van der Waals surface area contributed by atoms with Crippen molar-refractivity contribution in [3.8, 4) is 0 Å². The molecule has 2 heteroatoms. The molecular weight excluding hydrogens is 174 g/mol. The first-order chi connectivity index (χ1) is 6.87. The van der Waals surface area contributed by atoms with E-state index in [1.807, 2.05) is 0 Å². The highest BCUT2D eigenvalue weighted by Gasteiger charge is 2.39. The van der Waals surface area contributed by atoms with Gasteiger partial charge in [0.15, 0.2) is 0 Å². The molecule has 82 valence electrons. The number of rotatable bonds is 2. The van der Waals surface area contributed by atoms with E-state index in [0.29, 0.717) is 5.41 Å². The third-order valence-electron chi connectivity index (χ3n) is 4.23. The third kappa shape index (κ3) is 1.96. The Hall–Kier alpha value is -0.0800. The molecule has 1 unspecified atom stereocenters. The Kier molecular flexibility index (Phi) is 3.45. The maximum absolute atomic E-state index is 5.99. The lowest BCUT2D eigenvalue weighted by Gasteiger charge is -2.44. The Morgan fingerprint density at radius 2 is 1.93 bits per heavy atom. The van der Waals surface area contributed by atoms with Gasteiger partial charge in [-0.25, -0.2) is 0 Å². The number of ether oxygens (including phenoxy) is 1. The van der Waals surface area contributed by atoms with E-state index < -0.39 is 0 Å². The predicted octanol–water partition coefficient (Wildman–Crippen LogP) is 2.32. The van der Waals surface area contributed by atoms with Crippen LogP contribution in [0.5, 0.6) is 0 Å². The zero-order valence-corrected chi connectivity index (χ0v) is 9.13. The summed E-state index contributed by atoms with van der Waals surface area (Å²) in [6, 6.07) is 0. The Labute approximate surface area is 87.2 Å². The Morgan fingerprint density at radius 1 is 1.14 bits per heavy atom. The molecule has 1 saturated heterocycles. The minimum absolute atomic E-state index is 0.346. The summed E-state index contributed by atoms with van der Waals surface area (Å²) in [6.07, 6.45) is 9.54. The second-order valence-corrected chi connectivity index (χ2v) is 5.06. The lowest BCUT2D eigenvalue weighted by molar-refractivity contribution is -0.0462. The molecule has 2 fully saturated rings. The highest BCUT2D eigenvalue weighted by molar-refractivity contribution is 4.90. The normalized spacial score (nSPS) is 35.8. The lowest BCUT2D eigenvalue weighted by atomic mass is 9.66. The van der Waals surface area contributed by atoms with Crippen LogP contribution in [0.1, 0.15) is 44.9 Å². The van der Waals surface area contributed by atoms with Crippen molar-refractivity contribution in [2.24, 2.45) is 17.1 Å². The maximum atomic E-state index is 5.99. The molecule has 1 aliphatic heterocycles. The van der Waals surface area contributed by atoms with Gasteiger partial charge >= 0.3 is 0 Å². The Bertz CT molecular complexity index is 169. The minimum atomic E-state index is 0.346. The summed E-state index contributed by atoms with van der Waals surface area (Å²) in [5.74, 6) is 0.849. The first-order valence-corrected chi connectivity index (χ1v) is 6.15. The van der Waals surface area contributed by atoms with E-state index in [1.165, 1.54) is 44.9 Å². The van der Waals surface area contributed by atoms with Crippen molar-refractivity contribution in [3.63, 3.8) is 0 Å². The number of nitrogens with two attached hydrogens (primary N) is 1. The van der Waals surface area contributed by atoms with E-state index >= 15 is 0 Å². The van der Waals surface area contributed by atoms with Gasteiger partial charge in [0.2, 0.25) is 0 Å². The van der Waals surface area contributed by atoms with Gasteiger partial charge in [-0.1, -0.05) is 19.3 Å². The fraction of sp³-hybridized carbons (Fsp3) is 1.00. The van der Waals surface area contributed by atoms with Crippen LogP contribution >= 0.6 is 0 Å². The van der Waals surface area contributed by atoms with Gasteiger partial charge in [0.05, 0.1) is 6.61 Å². The van der Waals surface area contributed by atoms with Gasteiger partial charge in [0, 0.05) is 18.6 Å². The third-order valence-corrected chi connectivity index (χ3v) is 4.23. The molecule has 1 heterocycles. The molecule has 0 spiro atoms. The smallest absolute Gasteiger partial charge is 0.0537 e. The summed E-state index contributed by atoms with van der Waals surface area (Å²) in [6.45, 7) is 2.71. The van der Waals surface area contributed by atoms with Gasteiger partial charge in [-0.15, -0.1) is 0 Å². The van der Waals surface area contributed by atoms with Crippen molar-refractivity contribution >= 4 is 0 Å². The molecule has 0 aromatic rings. The first-order valence-electron chi connectivity index (χ1n) is 6.15. The first kappa shape index (κ1) is 10.4. The largest absolute Gasteiger partial charge is 0.381 e. The van der Waals surface area contributed by atoms with Crippen LogP contribution < -0.4 is 5.73 Å². The summed E-state index contributed by atoms with van der Waals surface area (Å²) in [5.41, 5.74) is 6.33. The molecule has 2 N–H and O–H groups in total. The second-order valence-electron chi connectivity index (χ2n) is 5.06. The van der Waals surface area contributed by atoms with Crippen molar-refractivity contribution in [2.75, 3.05) is 19.8 Å². The summed E-state index contributed by atoms with van der Waals surface area (Å²) >= 11 is 0.